The van der Waals surface area contributed by atoms with Crippen molar-refractivity contribution in [2.24, 2.45) is 10.9 Å². The molecule has 0 fully saturated rings. The summed E-state index contributed by atoms with van der Waals surface area (Å²) >= 11 is 3.01. The summed E-state index contributed by atoms with van der Waals surface area (Å²) in [6.07, 6.45) is 3.03. The van der Waals surface area contributed by atoms with Crippen molar-refractivity contribution in [3.63, 3.8) is 0 Å². The first kappa shape index (κ1) is 10.3. The molecule has 1 aromatic heterocycles. The first-order valence-corrected chi connectivity index (χ1v) is 5.44. The van der Waals surface area contributed by atoms with E-state index in [-0.39, 0.29) is 5.84 Å². The second-order valence-corrected chi connectivity index (χ2v) is 4.37. The monoisotopic (exact) mass is 218 g/mol. The van der Waals surface area contributed by atoms with E-state index in [4.69, 9.17) is 10.9 Å². The largest absolute Gasteiger partial charge is 0.409 e. The minimum atomic E-state index is 0.276. The molecule has 0 saturated carbocycles. The van der Waals surface area contributed by atoms with Gasteiger partial charge in [0.1, 0.15) is 12.2 Å². The van der Waals surface area contributed by atoms with Gasteiger partial charge in [-0.1, -0.05) is 16.9 Å². The number of hydrogen-bond acceptors (Lipinski definition) is 6. The number of nitrogens with zero attached hydrogens (tertiary/aromatic N) is 3. The fourth-order valence-corrected chi connectivity index (χ4v) is 2.14. The van der Waals surface area contributed by atoms with Crippen LogP contribution in [0.3, 0.4) is 0 Å². The molecule has 1 aromatic rings. The highest BCUT2D eigenvalue weighted by molar-refractivity contribution is 8.00. The van der Waals surface area contributed by atoms with E-state index in [1.807, 2.05) is 0 Å². The van der Waals surface area contributed by atoms with E-state index in [0.717, 1.165) is 16.5 Å². The normalized spacial score (nSPS) is 11.8. The number of aromatic nitrogens is 2. The Morgan fingerprint density at radius 2 is 2.62 bits per heavy atom. The van der Waals surface area contributed by atoms with Crippen LogP contribution in [0.15, 0.2) is 15.8 Å². The first-order valence-electron chi connectivity index (χ1n) is 3.69. The fourth-order valence-electron chi connectivity index (χ4n) is 0.689. The van der Waals surface area contributed by atoms with Crippen LogP contribution in [0.25, 0.3) is 0 Å². The average Bonchev–Trinajstić information content (AvgIpc) is 2.64. The predicted octanol–water partition coefficient (Wildman–Crippen LogP) is 1.16. The predicted molar refractivity (Wildman–Crippen MR) is 53.3 cm³/mol. The second kappa shape index (κ2) is 5.76. The maximum atomic E-state index is 8.25. The topological polar surface area (TPSA) is 84.4 Å². The van der Waals surface area contributed by atoms with Crippen LogP contribution in [0, 0.1) is 0 Å². The van der Waals surface area contributed by atoms with Gasteiger partial charge in [0.05, 0.1) is 0 Å². The lowest BCUT2D eigenvalue weighted by Gasteiger charge is -1.96. The molecule has 1 heterocycles. The van der Waals surface area contributed by atoms with Crippen molar-refractivity contribution in [3.8, 4) is 0 Å². The molecule has 0 saturated heterocycles. The van der Waals surface area contributed by atoms with E-state index in [1.165, 1.54) is 17.9 Å². The molecule has 0 aliphatic rings. The van der Waals surface area contributed by atoms with Gasteiger partial charge in [0, 0.05) is 12.2 Å². The molecule has 1 rings (SSSR count). The highest BCUT2D eigenvalue weighted by Gasteiger charge is 1.98. The molecular formula is C6H10N4OS2. The molecule has 7 heteroatoms. The van der Waals surface area contributed by atoms with E-state index in [9.17, 15) is 0 Å². The minimum Gasteiger partial charge on any atom is -0.409 e. The SMILES string of the molecule is NC(CCCSc1ncns1)=NO. The lowest BCUT2D eigenvalue weighted by atomic mass is 10.3. The summed E-state index contributed by atoms with van der Waals surface area (Å²) in [6.45, 7) is 0. The summed E-state index contributed by atoms with van der Waals surface area (Å²) < 4.78 is 4.83. The minimum absolute atomic E-state index is 0.276. The molecule has 5 nitrogen and oxygen atoms in total. The third-order valence-electron chi connectivity index (χ3n) is 1.27. The van der Waals surface area contributed by atoms with Gasteiger partial charge in [0.2, 0.25) is 0 Å². The van der Waals surface area contributed by atoms with Crippen LogP contribution < -0.4 is 5.73 Å². The number of nitrogens with two attached hydrogens (primary N) is 1. The standard InChI is InChI=1S/C6H10N4OS2/c7-5(10-11)2-1-3-12-6-8-4-9-13-6/h4,11H,1-3H2,(H2,7,10). The summed E-state index contributed by atoms with van der Waals surface area (Å²) in [7, 11) is 0. The molecule has 0 spiro atoms. The van der Waals surface area contributed by atoms with Crippen molar-refractivity contribution >= 4 is 29.1 Å². The summed E-state index contributed by atoms with van der Waals surface area (Å²) in [5, 5.41) is 11.1. The summed E-state index contributed by atoms with van der Waals surface area (Å²) in [5.74, 6) is 1.18. The molecule has 0 aliphatic heterocycles. The van der Waals surface area contributed by atoms with Crippen molar-refractivity contribution in [2.75, 3.05) is 5.75 Å². The van der Waals surface area contributed by atoms with Gasteiger partial charge in [0.15, 0.2) is 4.34 Å². The number of amidine groups is 1. The summed E-state index contributed by atoms with van der Waals surface area (Å²) in [6, 6.07) is 0. The van der Waals surface area contributed by atoms with Gasteiger partial charge in [0.25, 0.3) is 0 Å². The molecular weight excluding hydrogens is 208 g/mol. The Morgan fingerprint density at radius 3 is 3.23 bits per heavy atom. The van der Waals surface area contributed by atoms with E-state index in [1.54, 1.807) is 11.8 Å². The molecule has 3 N–H and O–H groups in total. The smallest absolute Gasteiger partial charge is 0.169 e. The zero-order chi connectivity index (χ0) is 9.52. The Bertz CT molecular complexity index is 262. The molecule has 0 aliphatic carbocycles. The highest BCUT2D eigenvalue weighted by atomic mass is 32.2. The number of thioether (sulfide) groups is 1. The molecule has 0 atom stereocenters. The molecule has 0 unspecified atom stereocenters. The van der Waals surface area contributed by atoms with Gasteiger partial charge >= 0.3 is 0 Å². The van der Waals surface area contributed by atoms with E-state index >= 15 is 0 Å². The maximum absolute atomic E-state index is 8.25. The van der Waals surface area contributed by atoms with Gasteiger partial charge in [-0.05, 0) is 18.0 Å². The van der Waals surface area contributed by atoms with Crippen molar-refractivity contribution in [1.29, 1.82) is 0 Å². The molecule has 0 bridgehead atoms. The number of oxime groups is 1. The highest BCUT2D eigenvalue weighted by Crippen LogP contribution is 2.19. The first-order chi connectivity index (χ1) is 6.33. The Morgan fingerprint density at radius 1 is 1.77 bits per heavy atom. The number of hydrogen-bond donors (Lipinski definition) is 2. The zero-order valence-corrected chi connectivity index (χ0v) is 8.51. The lowest BCUT2D eigenvalue weighted by molar-refractivity contribution is 0.317. The van der Waals surface area contributed by atoms with Crippen molar-refractivity contribution in [1.82, 2.24) is 9.36 Å². The molecule has 0 radical (unpaired) electrons. The van der Waals surface area contributed by atoms with Crippen LogP contribution in [-0.4, -0.2) is 26.2 Å². The fraction of sp³-hybridized carbons (Fsp3) is 0.500. The van der Waals surface area contributed by atoms with Crippen LogP contribution >= 0.6 is 23.3 Å². The molecule has 0 amide bonds. The van der Waals surface area contributed by atoms with E-state index in [2.05, 4.69) is 14.5 Å². The van der Waals surface area contributed by atoms with Crippen molar-refractivity contribution < 1.29 is 5.21 Å². The van der Waals surface area contributed by atoms with Crippen LogP contribution in [0.5, 0.6) is 0 Å². The van der Waals surface area contributed by atoms with Gasteiger partial charge < -0.3 is 10.9 Å². The van der Waals surface area contributed by atoms with Crippen molar-refractivity contribution in [3.05, 3.63) is 6.33 Å². The maximum Gasteiger partial charge on any atom is 0.169 e. The van der Waals surface area contributed by atoms with Crippen LogP contribution in [0.1, 0.15) is 12.8 Å². The lowest BCUT2D eigenvalue weighted by Crippen LogP contribution is -2.11. The molecule has 72 valence electrons. The quantitative estimate of drug-likeness (QED) is 0.193. The average molecular weight is 218 g/mol. The van der Waals surface area contributed by atoms with Crippen molar-refractivity contribution in [2.45, 2.75) is 17.2 Å². The van der Waals surface area contributed by atoms with Gasteiger partial charge in [-0.15, -0.1) is 0 Å². The van der Waals surface area contributed by atoms with Crippen LogP contribution in [0.2, 0.25) is 0 Å². The Hall–Kier alpha value is -0.820. The van der Waals surface area contributed by atoms with Gasteiger partial charge in [-0.3, -0.25) is 0 Å². The van der Waals surface area contributed by atoms with Gasteiger partial charge in [-0.2, -0.15) is 4.37 Å². The Balaban J connectivity index is 2.08. The second-order valence-electron chi connectivity index (χ2n) is 2.25. The third kappa shape index (κ3) is 4.09. The van der Waals surface area contributed by atoms with Gasteiger partial charge in [-0.25, -0.2) is 4.98 Å². The Kier molecular flexibility index (Phi) is 4.55. The third-order valence-corrected chi connectivity index (χ3v) is 3.16. The number of rotatable bonds is 5. The van der Waals surface area contributed by atoms with Crippen LogP contribution in [-0.2, 0) is 0 Å². The van der Waals surface area contributed by atoms with Crippen LogP contribution in [0.4, 0.5) is 0 Å². The van der Waals surface area contributed by atoms with E-state index in [0.29, 0.717) is 6.42 Å². The molecule has 0 aromatic carbocycles. The summed E-state index contributed by atoms with van der Waals surface area (Å²) in [4.78, 5) is 4.01. The summed E-state index contributed by atoms with van der Waals surface area (Å²) in [5.41, 5.74) is 5.30. The molecule has 13 heavy (non-hydrogen) atoms. The zero-order valence-electron chi connectivity index (χ0n) is 6.88. The Labute approximate surface area is 84.2 Å². The van der Waals surface area contributed by atoms with E-state index < -0.39 is 0 Å².